The summed E-state index contributed by atoms with van der Waals surface area (Å²) >= 11 is 6.34. The van der Waals surface area contributed by atoms with Crippen LogP contribution in [0.25, 0.3) is 0 Å². The fourth-order valence-corrected chi connectivity index (χ4v) is 3.53. The first-order chi connectivity index (χ1) is 9.51. The molecule has 1 aliphatic rings. The van der Waals surface area contributed by atoms with Crippen LogP contribution < -0.4 is 5.32 Å². The van der Waals surface area contributed by atoms with E-state index in [0.717, 1.165) is 35.8 Å². The highest BCUT2D eigenvalue weighted by atomic mass is 35.5. The molecule has 1 saturated carbocycles. The quantitative estimate of drug-likeness (QED) is 0.879. The van der Waals surface area contributed by atoms with Crippen LogP contribution in [0.2, 0.25) is 5.02 Å². The van der Waals surface area contributed by atoms with Gasteiger partial charge in [-0.05, 0) is 32.6 Å². The summed E-state index contributed by atoms with van der Waals surface area (Å²) < 4.78 is 1.95. The van der Waals surface area contributed by atoms with E-state index in [9.17, 15) is 5.11 Å². The molecule has 1 heterocycles. The summed E-state index contributed by atoms with van der Waals surface area (Å²) in [6.45, 7) is 7.93. The molecular weight excluding hydrogens is 274 g/mol. The van der Waals surface area contributed by atoms with E-state index in [2.05, 4.69) is 24.3 Å². The highest BCUT2D eigenvalue weighted by Crippen LogP contribution is 2.32. The van der Waals surface area contributed by atoms with Crippen molar-refractivity contribution in [3.8, 4) is 0 Å². The van der Waals surface area contributed by atoms with Gasteiger partial charge < -0.3 is 10.4 Å². The van der Waals surface area contributed by atoms with E-state index in [1.165, 1.54) is 12.8 Å². The Morgan fingerprint density at radius 2 is 2.30 bits per heavy atom. The maximum absolute atomic E-state index is 9.82. The highest BCUT2D eigenvalue weighted by molar-refractivity contribution is 6.31. The van der Waals surface area contributed by atoms with E-state index >= 15 is 0 Å². The van der Waals surface area contributed by atoms with Crippen molar-refractivity contribution in [1.29, 1.82) is 0 Å². The van der Waals surface area contributed by atoms with Gasteiger partial charge in [-0.2, -0.15) is 5.10 Å². The van der Waals surface area contributed by atoms with Crippen LogP contribution in [0.5, 0.6) is 0 Å². The minimum Gasteiger partial charge on any atom is -0.394 e. The molecule has 2 rings (SSSR count). The number of aromatic nitrogens is 2. The Morgan fingerprint density at radius 3 is 2.90 bits per heavy atom. The van der Waals surface area contributed by atoms with Crippen molar-refractivity contribution in [2.24, 2.45) is 5.92 Å². The van der Waals surface area contributed by atoms with Crippen LogP contribution >= 0.6 is 11.6 Å². The minimum atomic E-state index is -0.155. The van der Waals surface area contributed by atoms with Crippen molar-refractivity contribution in [2.45, 2.75) is 65.1 Å². The second kappa shape index (κ2) is 6.46. The lowest BCUT2D eigenvalue weighted by Crippen LogP contribution is -2.51. The maximum Gasteiger partial charge on any atom is 0.0860 e. The molecule has 2 N–H and O–H groups in total. The van der Waals surface area contributed by atoms with Crippen LogP contribution in [0.1, 0.15) is 50.9 Å². The molecule has 2 unspecified atom stereocenters. The smallest absolute Gasteiger partial charge is 0.0860 e. The Morgan fingerprint density at radius 1 is 1.55 bits per heavy atom. The van der Waals surface area contributed by atoms with Gasteiger partial charge in [-0.25, -0.2) is 0 Å². The summed E-state index contributed by atoms with van der Waals surface area (Å²) in [4.78, 5) is 0. The van der Waals surface area contributed by atoms with E-state index in [-0.39, 0.29) is 12.1 Å². The third kappa shape index (κ3) is 3.18. The van der Waals surface area contributed by atoms with Gasteiger partial charge in [0, 0.05) is 18.6 Å². The third-order valence-corrected chi connectivity index (χ3v) is 4.97. The zero-order valence-corrected chi connectivity index (χ0v) is 13.5. The first-order valence-electron chi connectivity index (χ1n) is 7.59. The molecule has 0 radical (unpaired) electrons. The molecule has 0 bridgehead atoms. The number of halogens is 1. The van der Waals surface area contributed by atoms with Crippen molar-refractivity contribution in [3.05, 3.63) is 16.4 Å². The molecule has 1 aliphatic carbocycles. The van der Waals surface area contributed by atoms with Gasteiger partial charge in [0.25, 0.3) is 0 Å². The average molecular weight is 300 g/mol. The van der Waals surface area contributed by atoms with Gasteiger partial charge in [-0.15, -0.1) is 0 Å². The monoisotopic (exact) mass is 299 g/mol. The number of aliphatic hydroxyl groups is 1. The number of aliphatic hydroxyl groups excluding tert-OH is 1. The number of hydrogen-bond donors (Lipinski definition) is 2. The molecule has 20 heavy (non-hydrogen) atoms. The van der Waals surface area contributed by atoms with Crippen molar-refractivity contribution in [1.82, 2.24) is 15.1 Å². The predicted molar refractivity (Wildman–Crippen MR) is 81.9 cm³/mol. The zero-order valence-electron chi connectivity index (χ0n) is 12.7. The van der Waals surface area contributed by atoms with Crippen LogP contribution in [0.4, 0.5) is 0 Å². The van der Waals surface area contributed by atoms with Gasteiger partial charge in [-0.3, -0.25) is 4.68 Å². The molecule has 5 heteroatoms. The van der Waals surface area contributed by atoms with Gasteiger partial charge in [0.05, 0.1) is 23.0 Å². The molecular formula is C15H26ClN3O. The lowest BCUT2D eigenvalue weighted by molar-refractivity contribution is 0.0975. The number of nitrogens with one attached hydrogen (secondary N) is 1. The molecule has 1 fully saturated rings. The fourth-order valence-electron chi connectivity index (χ4n) is 3.33. The summed E-state index contributed by atoms with van der Waals surface area (Å²) in [5.41, 5.74) is 1.75. The van der Waals surface area contributed by atoms with Crippen molar-refractivity contribution >= 4 is 11.6 Å². The van der Waals surface area contributed by atoms with Gasteiger partial charge in [0.1, 0.15) is 0 Å². The Labute approximate surface area is 126 Å². The van der Waals surface area contributed by atoms with Gasteiger partial charge in [-0.1, -0.05) is 31.4 Å². The molecule has 1 aromatic rings. The van der Waals surface area contributed by atoms with E-state index in [4.69, 9.17) is 11.6 Å². The third-order valence-electron chi connectivity index (χ3n) is 4.48. The molecule has 0 amide bonds. The minimum absolute atomic E-state index is 0.155. The van der Waals surface area contributed by atoms with E-state index < -0.39 is 0 Å². The first kappa shape index (κ1) is 15.8. The topological polar surface area (TPSA) is 50.1 Å². The van der Waals surface area contributed by atoms with E-state index in [0.29, 0.717) is 12.5 Å². The summed E-state index contributed by atoms with van der Waals surface area (Å²) in [7, 11) is 0. The van der Waals surface area contributed by atoms with Crippen LogP contribution in [0, 0.1) is 12.8 Å². The van der Waals surface area contributed by atoms with Crippen LogP contribution in [-0.4, -0.2) is 27.0 Å². The Balaban J connectivity index is 2.10. The van der Waals surface area contributed by atoms with Gasteiger partial charge in [0.15, 0.2) is 0 Å². The normalized spacial score (nSPS) is 26.9. The number of hydrogen-bond acceptors (Lipinski definition) is 3. The zero-order chi connectivity index (χ0) is 14.8. The summed E-state index contributed by atoms with van der Waals surface area (Å²) in [6, 6.07) is 0. The Hall–Kier alpha value is -0.580. The van der Waals surface area contributed by atoms with E-state index in [1.54, 1.807) is 0 Å². The molecule has 4 nitrogen and oxygen atoms in total. The predicted octanol–water partition coefficient (Wildman–Crippen LogP) is 2.90. The lowest BCUT2D eigenvalue weighted by atomic mass is 9.77. The fraction of sp³-hybridized carbons (Fsp3) is 0.800. The molecule has 114 valence electrons. The number of rotatable bonds is 5. The average Bonchev–Trinajstić information content (AvgIpc) is 2.72. The summed E-state index contributed by atoms with van der Waals surface area (Å²) in [5, 5.41) is 18.6. The number of nitrogens with zero attached hydrogens (tertiary/aromatic N) is 2. The van der Waals surface area contributed by atoms with Crippen LogP contribution in [0.3, 0.4) is 0 Å². The molecule has 0 aromatic carbocycles. The van der Waals surface area contributed by atoms with Gasteiger partial charge in [0.2, 0.25) is 0 Å². The standard InChI is InChI=1S/C15H26ClN3O/c1-4-19-13(14(16)12(3)18-19)9-17-15(10-20)7-5-6-11(2)8-15/h11,17,20H,4-10H2,1-3H3. The largest absolute Gasteiger partial charge is 0.394 e. The second-order valence-electron chi connectivity index (χ2n) is 6.16. The SMILES string of the molecule is CCn1nc(C)c(Cl)c1CNC1(CO)CCCC(C)C1. The van der Waals surface area contributed by atoms with E-state index in [1.807, 2.05) is 11.6 Å². The lowest BCUT2D eigenvalue weighted by Gasteiger charge is -2.39. The first-order valence-corrected chi connectivity index (χ1v) is 7.97. The van der Waals surface area contributed by atoms with Crippen molar-refractivity contribution in [2.75, 3.05) is 6.61 Å². The summed E-state index contributed by atoms with van der Waals surface area (Å²) in [5.74, 6) is 0.664. The highest BCUT2D eigenvalue weighted by Gasteiger charge is 2.34. The Kier molecular flexibility index (Phi) is 5.10. The molecule has 0 saturated heterocycles. The van der Waals surface area contributed by atoms with Crippen molar-refractivity contribution < 1.29 is 5.11 Å². The summed E-state index contributed by atoms with van der Waals surface area (Å²) in [6.07, 6.45) is 4.50. The van der Waals surface area contributed by atoms with Gasteiger partial charge >= 0.3 is 0 Å². The maximum atomic E-state index is 9.82. The Bertz CT molecular complexity index is 460. The van der Waals surface area contributed by atoms with Crippen LogP contribution in [-0.2, 0) is 13.1 Å². The molecule has 1 aromatic heterocycles. The second-order valence-corrected chi connectivity index (χ2v) is 6.53. The van der Waals surface area contributed by atoms with Crippen LogP contribution in [0.15, 0.2) is 0 Å². The molecule has 0 aliphatic heterocycles. The molecule has 2 atom stereocenters. The number of aryl methyl sites for hydroxylation is 2. The van der Waals surface area contributed by atoms with Crippen molar-refractivity contribution in [3.63, 3.8) is 0 Å². The molecule has 0 spiro atoms.